The first-order chi connectivity index (χ1) is 18.6. The minimum atomic E-state index is 1.23. The normalized spacial score (nSPS) is 11.4. The second kappa shape index (κ2) is 9.01. The zero-order valence-electron chi connectivity index (χ0n) is 21.7. The number of hydrogen-bond acceptors (Lipinski definition) is 0. The van der Waals surface area contributed by atoms with E-state index >= 15 is 0 Å². The first kappa shape index (κ1) is 22.5. The van der Waals surface area contributed by atoms with Crippen LogP contribution in [0.2, 0.25) is 0 Å². The van der Waals surface area contributed by atoms with Gasteiger partial charge in [-0.3, -0.25) is 0 Å². The van der Waals surface area contributed by atoms with Crippen LogP contribution in [0.1, 0.15) is 11.1 Å². The van der Waals surface area contributed by atoms with Crippen LogP contribution in [0, 0.1) is 13.8 Å². The molecule has 0 aromatic heterocycles. The molecule has 0 aliphatic heterocycles. The van der Waals surface area contributed by atoms with Gasteiger partial charge in [0.2, 0.25) is 0 Å². The molecule has 0 aliphatic carbocycles. The van der Waals surface area contributed by atoms with Crippen LogP contribution in [0.4, 0.5) is 0 Å². The van der Waals surface area contributed by atoms with E-state index in [0.717, 1.165) is 0 Å². The lowest BCUT2D eigenvalue weighted by Gasteiger charge is -2.14. The minimum Gasteiger partial charge on any atom is -0.0616 e. The molecule has 0 aliphatic rings. The van der Waals surface area contributed by atoms with Gasteiger partial charge in [-0.05, 0) is 104 Å². The molecule has 7 rings (SSSR count). The summed E-state index contributed by atoms with van der Waals surface area (Å²) < 4.78 is 0. The van der Waals surface area contributed by atoms with Crippen LogP contribution >= 0.6 is 0 Å². The van der Waals surface area contributed by atoms with E-state index < -0.39 is 0 Å². The van der Waals surface area contributed by atoms with Crippen LogP contribution in [0.3, 0.4) is 0 Å². The lowest BCUT2D eigenvalue weighted by Crippen LogP contribution is -1.88. The van der Waals surface area contributed by atoms with E-state index in [1.54, 1.807) is 0 Å². The van der Waals surface area contributed by atoms with Crippen LogP contribution in [-0.4, -0.2) is 0 Å². The fourth-order valence-corrected chi connectivity index (χ4v) is 5.71. The summed E-state index contributed by atoms with van der Waals surface area (Å²) in [6.45, 7) is 4.28. The Morgan fingerprint density at radius 2 is 0.605 bits per heavy atom. The Balaban J connectivity index is 1.49. The Hall–Kier alpha value is -4.68. The Morgan fingerprint density at radius 3 is 1.05 bits per heavy atom. The Morgan fingerprint density at radius 1 is 0.263 bits per heavy atom. The SMILES string of the molecule is Cc1ccc(-c2cc(-c3ccc(C)cc3)cc(-c3ccc4c5ccccc5c5ccccc5c4c3)c2)cc1. The van der Waals surface area contributed by atoms with Gasteiger partial charge in [0.25, 0.3) is 0 Å². The molecule has 0 heterocycles. The smallest absolute Gasteiger partial charge is 0.00928 e. The molecule has 0 N–H and O–H groups in total. The third kappa shape index (κ3) is 3.86. The lowest BCUT2D eigenvalue weighted by atomic mass is 9.90. The monoisotopic (exact) mass is 484 g/mol. The maximum atomic E-state index is 2.39. The van der Waals surface area contributed by atoms with Crippen molar-refractivity contribution in [2.24, 2.45) is 0 Å². The summed E-state index contributed by atoms with van der Waals surface area (Å²) in [5, 5.41) is 7.83. The highest BCUT2D eigenvalue weighted by Gasteiger charge is 2.12. The predicted octanol–water partition coefficient (Wildman–Crippen LogP) is 10.8. The molecule has 0 saturated carbocycles. The summed E-state index contributed by atoms with van der Waals surface area (Å²) >= 11 is 0. The van der Waals surface area contributed by atoms with Gasteiger partial charge < -0.3 is 0 Å². The highest BCUT2D eigenvalue weighted by atomic mass is 14.2. The van der Waals surface area contributed by atoms with Crippen molar-refractivity contribution in [1.82, 2.24) is 0 Å². The van der Waals surface area contributed by atoms with Gasteiger partial charge in [0.15, 0.2) is 0 Å². The number of fused-ring (bicyclic) bond motifs is 6. The van der Waals surface area contributed by atoms with Crippen molar-refractivity contribution in [1.29, 1.82) is 0 Å². The Kier molecular flexibility index (Phi) is 5.34. The van der Waals surface area contributed by atoms with Crippen LogP contribution in [0.15, 0.2) is 133 Å². The summed E-state index contributed by atoms with van der Waals surface area (Å²) in [6, 6.07) is 49.2. The molecule has 0 heteroatoms. The van der Waals surface area contributed by atoms with E-state index in [-0.39, 0.29) is 0 Å². The van der Waals surface area contributed by atoms with Crippen LogP contribution < -0.4 is 0 Å². The number of rotatable bonds is 3. The summed E-state index contributed by atoms with van der Waals surface area (Å²) in [7, 11) is 0. The molecular weight excluding hydrogens is 456 g/mol. The molecule has 7 aromatic carbocycles. The number of aryl methyl sites for hydroxylation is 2. The van der Waals surface area contributed by atoms with E-state index in [2.05, 4.69) is 147 Å². The molecule has 0 atom stereocenters. The molecule has 0 spiro atoms. The van der Waals surface area contributed by atoms with Gasteiger partial charge in [0, 0.05) is 0 Å². The molecule has 180 valence electrons. The molecule has 0 radical (unpaired) electrons. The molecule has 0 bridgehead atoms. The van der Waals surface area contributed by atoms with Gasteiger partial charge in [-0.2, -0.15) is 0 Å². The third-order valence-electron chi connectivity index (χ3n) is 7.78. The van der Waals surface area contributed by atoms with Crippen molar-refractivity contribution in [2.45, 2.75) is 13.8 Å². The molecular formula is C38H28. The van der Waals surface area contributed by atoms with Crippen LogP contribution in [-0.2, 0) is 0 Å². The Bertz CT molecular complexity index is 1860. The van der Waals surface area contributed by atoms with Gasteiger partial charge in [-0.25, -0.2) is 0 Å². The van der Waals surface area contributed by atoms with Gasteiger partial charge in [0.05, 0.1) is 0 Å². The predicted molar refractivity (Wildman–Crippen MR) is 165 cm³/mol. The Labute approximate surface area is 223 Å². The average molecular weight is 485 g/mol. The zero-order chi connectivity index (χ0) is 25.6. The summed E-state index contributed by atoms with van der Waals surface area (Å²) in [5.41, 5.74) is 9.97. The van der Waals surface area contributed by atoms with Crippen molar-refractivity contribution in [2.75, 3.05) is 0 Å². The van der Waals surface area contributed by atoms with E-state index in [4.69, 9.17) is 0 Å². The molecule has 0 fully saturated rings. The minimum absolute atomic E-state index is 1.23. The van der Waals surface area contributed by atoms with Gasteiger partial charge in [0.1, 0.15) is 0 Å². The van der Waals surface area contributed by atoms with E-state index in [0.29, 0.717) is 0 Å². The van der Waals surface area contributed by atoms with Crippen molar-refractivity contribution in [3.05, 3.63) is 145 Å². The highest BCUT2D eigenvalue weighted by molar-refractivity contribution is 6.25. The third-order valence-corrected chi connectivity index (χ3v) is 7.78. The number of hydrogen-bond donors (Lipinski definition) is 0. The lowest BCUT2D eigenvalue weighted by molar-refractivity contribution is 1.46. The van der Waals surface area contributed by atoms with E-state index in [1.165, 1.54) is 76.8 Å². The maximum Gasteiger partial charge on any atom is -0.00928 e. The average Bonchev–Trinajstić information content (AvgIpc) is 2.97. The maximum absolute atomic E-state index is 2.39. The van der Waals surface area contributed by atoms with Crippen molar-refractivity contribution < 1.29 is 0 Å². The van der Waals surface area contributed by atoms with Gasteiger partial charge in [-0.15, -0.1) is 0 Å². The quantitative estimate of drug-likeness (QED) is 0.219. The van der Waals surface area contributed by atoms with Crippen molar-refractivity contribution >= 4 is 32.3 Å². The molecule has 7 aromatic rings. The fourth-order valence-electron chi connectivity index (χ4n) is 5.71. The van der Waals surface area contributed by atoms with Gasteiger partial charge in [-0.1, -0.05) is 120 Å². The highest BCUT2D eigenvalue weighted by Crippen LogP contribution is 2.39. The number of benzene rings is 7. The molecule has 0 unspecified atom stereocenters. The second-order valence-corrected chi connectivity index (χ2v) is 10.4. The standard InChI is InChI=1S/C38H28/c1-25-11-15-27(16-12-25)30-21-31(28-17-13-26(2)14-18-28)23-32(22-30)29-19-20-37-35-9-4-3-7-33(35)34-8-5-6-10-36(34)38(37)24-29/h3-24H,1-2H3. The van der Waals surface area contributed by atoms with Crippen LogP contribution in [0.25, 0.3) is 65.7 Å². The zero-order valence-corrected chi connectivity index (χ0v) is 21.7. The van der Waals surface area contributed by atoms with Gasteiger partial charge >= 0.3 is 0 Å². The van der Waals surface area contributed by atoms with Crippen molar-refractivity contribution in [3.63, 3.8) is 0 Å². The fraction of sp³-hybridized carbons (Fsp3) is 0.0526. The first-order valence-corrected chi connectivity index (χ1v) is 13.3. The summed E-state index contributed by atoms with van der Waals surface area (Å²) in [4.78, 5) is 0. The van der Waals surface area contributed by atoms with Crippen molar-refractivity contribution in [3.8, 4) is 33.4 Å². The van der Waals surface area contributed by atoms with E-state index in [1.807, 2.05) is 0 Å². The molecule has 0 nitrogen and oxygen atoms in total. The molecule has 0 saturated heterocycles. The summed E-state index contributed by atoms with van der Waals surface area (Å²) in [6.07, 6.45) is 0. The summed E-state index contributed by atoms with van der Waals surface area (Å²) in [5.74, 6) is 0. The van der Waals surface area contributed by atoms with E-state index in [9.17, 15) is 0 Å². The van der Waals surface area contributed by atoms with Crippen LogP contribution in [0.5, 0.6) is 0 Å². The molecule has 38 heavy (non-hydrogen) atoms. The first-order valence-electron chi connectivity index (χ1n) is 13.3. The second-order valence-electron chi connectivity index (χ2n) is 10.4. The molecule has 0 amide bonds. The largest absolute Gasteiger partial charge is 0.0616 e. The topological polar surface area (TPSA) is 0 Å².